The molecule has 0 saturated heterocycles. The summed E-state index contributed by atoms with van der Waals surface area (Å²) in [5, 5.41) is 0. The zero-order chi connectivity index (χ0) is 19.1. The summed E-state index contributed by atoms with van der Waals surface area (Å²) >= 11 is 0. The summed E-state index contributed by atoms with van der Waals surface area (Å²) in [5.41, 5.74) is 0.922. The fourth-order valence-electron chi connectivity index (χ4n) is 2.57. The molecule has 0 aliphatic rings. The molecule has 26 heavy (non-hydrogen) atoms. The van der Waals surface area contributed by atoms with Gasteiger partial charge in [0.05, 0.1) is 4.90 Å². The zero-order valence-electron chi connectivity index (χ0n) is 13.4. The minimum atomic E-state index is -3.41. The van der Waals surface area contributed by atoms with E-state index in [1.54, 1.807) is 0 Å². The molecule has 0 fully saturated rings. The van der Waals surface area contributed by atoms with Crippen molar-refractivity contribution in [2.45, 2.75) is 4.90 Å². The molecule has 0 aliphatic carbocycles. The number of rotatable bonds is 3. The normalized spacial score (nSPS) is 11.6. The summed E-state index contributed by atoms with van der Waals surface area (Å²) in [6, 6.07) is 10.4. The van der Waals surface area contributed by atoms with Gasteiger partial charge in [0.2, 0.25) is 0 Å². The second kappa shape index (κ2) is 6.57. The average molecular weight is 380 g/mol. The van der Waals surface area contributed by atoms with Gasteiger partial charge in [-0.1, -0.05) is 18.2 Å². The van der Waals surface area contributed by atoms with E-state index >= 15 is 0 Å². The van der Waals surface area contributed by atoms with Gasteiger partial charge in [0.1, 0.15) is 0 Å². The van der Waals surface area contributed by atoms with Gasteiger partial charge >= 0.3 is 0 Å². The van der Waals surface area contributed by atoms with E-state index in [1.165, 1.54) is 30.3 Å². The first-order valence-corrected chi connectivity index (χ1v) is 9.31. The molecule has 0 amide bonds. The van der Waals surface area contributed by atoms with Crippen molar-refractivity contribution in [1.82, 2.24) is 0 Å². The van der Waals surface area contributed by atoms with Gasteiger partial charge in [-0.3, -0.25) is 0 Å². The molecule has 3 rings (SSSR count). The summed E-state index contributed by atoms with van der Waals surface area (Å²) in [5.74, 6) is -4.43. The van der Waals surface area contributed by atoms with Crippen LogP contribution in [0.2, 0.25) is 0 Å². The Morgan fingerprint density at radius 3 is 1.58 bits per heavy atom. The standard InChI is InChI=1S/C19H12F4O2S/c1-26(24,25)13-5-2-11(3-6-13)14-9-18(22)19(23)10-15(14)12-4-7-16(20)17(21)8-12/h2-10H,1H3. The van der Waals surface area contributed by atoms with E-state index in [0.29, 0.717) is 5.56 Å². The first kappa shape index (κ1) is 18.1. The Balaban J connectivity index is 2.20. The van der Waals surface area contributed by atoms with Crippen LogP contribution >= 0.6 is 0 Å². The predicted molar refractivity (Wildman–Crippen MR) is 90.3 cm³/mol. The van der Waals surface area contributed by atoms with Crippen LogP contribution in [0.25, 0.3) is 22.3 Å². The Bertz CT molecular complexity index is 1090. The summed E-state index contributed by atoms with van der Waals surface area (Å²) in [6.07, 6.45) is 1.05. The van der Waals surface area contributed by atoms with Crippen LogP contribution in [0.3, 0.4) is 0 Å². The first-order valence-electron chi connectivity index (χ1n) is 7.42. The SMILES string of the molecule is CS(=O)(=O)c1ccc(-c2cc(F)c(F)cc2-c2ccc(F)c(F)c2)cc1. The Kier molecular flexibility index (Phi) is 4.58. The highest BCUT2D eigenvalue weighted by Gasteiger charge is 2.16. The van der Waals surface area contributed by atoms with Crippen molar-refractivity contribution < 1.29 is 26.0 Å². The molecule has 134 valence electrons. The maximum absolute atomic E-state index is 13.8. The van der Waals surface area contributed by atoms with Gasteiger partial charge in [-0.15, -0.1) is 0 Å². The van der Waals surface area contributed by atoms with Crippen LogP contribution in [0.5, 0.6) is 0 Å². The molecule has 7 heteroatoms. The van der Waals surface area contributed by atoms with Crippen LogP contribution in [0.15, 0.2) is 59.5 Å². The molecular formula is C19H12F4O2S. The fraction of sp³-hybridized carbons (Fsp3) is 0.0526. The highest BCUT2D eigenvalue weighted by Crippen LogP contribution is 2.35. The van der Waals surface area contributed by atoms with E-state index < -0.39 is 33.1 Å². The number of halogens is 4. The highest BCUT2D eigenvalue weighted by molar-refractivity contribution is 7.90. The van der Waals surface area contributed by atoms with Crippen LogP contribution in [-0.2, 0) is 9.84 Å². The lowest BCUT2D eigenvalue weighted by Gasteiger charge is -2.12. The lowest BCUT2D eigenvalue weighted by Crippen LogP contribution is -1.97. The van der Waals surface area contributed by atoms with Gasteiger partial charge in [0.15, 0.2) is 33.1 Å². The van der Waals surface area contributed by atoms with Crippen LogP contribution in [0.1, 0.15) is 0 Å². The average Bonchev–Trinajstić information content (AvgIpc) is 2.59. The van der Waals surface area contributed by atoms with Crippen molar-refractivity contribution in [3.8, 4) is 22.3 Å². The molecule has 3 aromatic rings. The van der Waals surface area contributed by atoms with Crippen LogP contribution in [0, 0.1) is 23.3 Å². The lowest BCUT2D eigenvalue weighted by molar-refractivity contribution is 0.507. The zero-order valence-corrected chi connectivity index (χ0v) is 14.2. The predicted octanol–water partition coefficient (Wildman–Crippen LogP) is 4.98. The van der Waals surface area contributed by atoms with E-state index in [1.807, 2.05) is 0 Å². The Morgan fingerprint density at radius 1 is 0.615 bits per heavy atom. The smallest absolute Gasteiger partial charge is 0.175 e. The van der Waals surface area contributed by atoms with E-state index in [2.05, 4.69) is 0 Å². The Labute approximate surface area is 147 Å². The minimum Gasteiger partial charge on any atom is -0.224 e. The van der Waals surface area contributed by atoms with Crippen LogP contribution < -0.4 is 0 Å². The van der Waals surface area contributed by atoms with Crippen LogP contribution in [0.4, 0.5) is 17.6 Å². The third kappa shape index (κ3) is 3.48. The highest BCUT2D eigenvalue weighted by atomic mass is 32.2. The van der Waals surface area contributed by atoms with Crippen molar-refractivity contribution in [1.29, 1.82) is 0 Å². The van der Waals surface area contributed by atoms with Crippen molar-refractivity contribution in [3.05, 3.63) is 77.9 Å². The maximum atomic E-state index is 13.8. The topological polar surface area (TPSA) is 34.1 Å². The molecule has 0 unspecified atom stereocenters. The van der Waals surface area contributed by atoms with Crippen LogP contribution in [-0.4, -0.2) is 14.7 Å². The molecular weight excluding hydrogens is 368 g/mol. The third-order valence-electron chi connectivity index (χ3n) is 3.88. The van der Waals surface area contributed by atoms with E-state index in [9.17, 15) is 26.0 Å². The number of benzene rings is 3. The summed E-state index contributed by atoms with van der Waals surface area (Å²) in [7, 11) is -3.41. The van der Waals surface area contributed by atoms with Gasteiger partial charge in [0, 0.05) is 6.26 Å². The first-order chi connectivity index (χ1) is 12.2. The quantitative estimate of drug-likeness (QED) is 0.601. The second-order valence-corrected chi connectivity index (χ2v) is 7.75. The number of hydrogen-bond acceptors (Lipinski definition) is 2. The molecule has 0 saturated carbocycles. The van der Waals surface area contributed by atoms with Crippen molar-refractivity contribution >= 4 is 9.84 Å². The largest absolute Gasteiger partial charge is 0.224 e. The molecule has 0 bridgehead atoms. The molecule has 0 aromatic heterocycles. The summed E-state index contributed by atoms with van der Waals surface area (Å²) in [6.45, 7) is 0. The second-order valence-electron chi connectivity index (χ2n) is 5.74. The van der Waals surface area contributed by atoms with Gasteiger partial charge in [-0.25, -0.2) is 26.0 Å². The summed E-state index contributed by atoms with van der Waals surface area (Å²) < 4.78 is 77.3. The fourth-order valence-corrected chi connectivity index (χ4v) is 3.20. The molecule has 0 spiro atoms. The maximum Gasteiger partial charge on any atom is 0.175 e. The molecule has 0 atom stereocenters. The van der Waals surface area contributed by atoms with Gasteiger partial charge in [-0.2, -0.15) is 0 Å². The van der Waals surface area contributed by atoms with Gasteiger partial charge in [-0.05, 0) is 58.7 Å². The molecule has 0 N–H and O–H groups in total. The Hall–Kier alpha value is -2.67. The van der Waals surface area contributed by atoms with E-state index in [-0.39, 0.29) is 21.6 Å². The molecule has 2 nitrogen and oxygen atoms in total. The Morgan fingerprint density at radius 2 is 1.08 bits per heavy atom. The molecule has 0 heterocycles. The van der Waals surface area contributed by atoms with Gasteiger partial charge < -0.3 is 0 Å². The molecule has 3 aromatic carbocycles. The number of hydrogen-bond donors (Lipinski definition) is 0. The molecule has 0 radical (unpaired) electrons. The van der Waals surface area contributed by atoms with E-state index in [4.69, 9.17) is 0 Å². The van der Waals surface area contributed by atoms with Crippen molar-refractivity contribution in [3.63, 3.8) is 0 Å². The van der Waals surface area contributed by atoms with E-state index in [0.717, 1.165) is 30.5 Å². The number of sulfone groups is 1. The van der Waals surface area contributed by atoms with Crippen molar-refractivity contribution in [2.24, 2.45) is 0 Å². The minimum absolute atomic E-state index is 0.0678. The lowest BCUT2D eigenvalue weighted by atomic mass is 9.94. The van der Waals surface area contributed by atoms with Crippen molar-refractivity contribution in [2.75, 3.05) is 6.26 Å². The summed E-state index contributed by atoms with van der Waals surface area (Å²) in [4.78, 5) is 0.0678. The monoisotopic (exact) mass is 380 g/mol. The van der Waals surface area contributed by atoms with Gasteiger partial charge in [0.25, 0.3) is 0 Å². The molecule has 0 aliphatic heterocycles. The third-order valence-corrected chi connectivity index (χ3v) is 5.01.